The number of fused-ring (bicyclic) bond motifs is 1. The lowest BCUT2D eigenvalue weighted by Crippen LogP contribution is -2.39. The normalized spacial score (nSPS) is 15.6. The van der Waals surface area contributed by atoms with Crippen LogP contribution in [0.25, 0.3) is 20.8 Å². The highest BCUT2D eigenvalue weighted by Crippen LogP contribution is 2.35. The quantitative estimate of drug-likeness (QED) is 0.332. The lowest BCUT2D eigenvalue weighted by molar-refractivity contribution is -0.192. The van der Waals surface area contributed by atoms with E-state index in [0.717, 1.165) is 36.3 Å². The van der Waals surface area contributed by atoms with Crippen molar-refractivity contribution in [1.29, 1.82) is 0 Å². The summed E-state index contributed by atoms with van der Waals surface area (Å²) in [6, 6.07) is 11.6. The fourth-order valence-corrected chi connectivity index (χ4v) is 4.60. The minimum Gasteiger partial charge on any atom is -0.475 e. The van der Waals surface area contributed by atoms with Crippen molar-refractivity contribution < 1.29 is 37.1 Å². The summed E-state index contributed by atoms with van der Waals surface area (Å²) in [6.07, 6.45) is -3.92. The fourth-order valence-electron chi connectivity index (χ4n) is 3.61. The number of hydrogen-bond acceptors (Lipinski definition) is 6. The van der Waals surface area contributed by atoms with Gasteiger partial charge in [-0.05, 0) is 49.2 Å². The molecule has 4 rings (SSSR count). The van der Waals surface area contributed by atoms with Gasteiger partial charge < -0.3 is 20.6 Å². The number of para-hydroxylation sites is 1. The molecule has 1 unspecified atom stereocenters. The number of rotatable bonds is 5. The molecular weight excluding hydrogens is 516 g/mol. The van der Waals surface area contributed by atoms with E-state index < -0.39 is 29.8 Å². The van der Waals surface area contributed by atoms with Gasteiger partial charge in [0.2, 0.25) is 0 Å². The van der Waals surface area contributed by atoms with Crippen LogP contribution in [0.5, 0.6) is 0 Å². The summed E-state index contributed by atoms with van der Waals surface area (Å²) >= 11 is 1.40. The Kier molecular flexibility index (Phi) is 9.16. The zero-order valence-electron chi connectivity index (χ0n) is 19.6. The highest BCUT2D eigenvalue weighted by Gasteiger charge is 2.38. The van der Waals surface area contributed by atoms with Gasteiger partial charge in [0.05, 0.1) is 15.9 Å². The van der Waals surface area contributed by atoms with E-state index in [1.165, 1.54) is 29.5 Å². The average Bonchev–Trinajstić information content (AvgIpc) is 3.45. The highest BCUT2D eigenvalue weighted by atomic mass is 32.1. The van der Waals surface area contributed by atoms with Crippen molar-refractivity contribution in [3.63, 3.8) is 0 Å². The largest absolute Gasteiger partial charge is 0.490 e. The molecule has 3 aromatic rings. The van der Waals surface area contributed by atoms with Crippen LogP contribution in [0.15, 0.2) is 42.5 Å². The van der Waals surface area contributed by atoms with Gasteiger partial charge >= 0.3 is 24.0 Å². The Bertz CT molecular complexity index is 1250. The van der Waals surface area contributed by atoms with Crippen LogP contribution in [0.4, 0.5) is 23.2 Å². The van der Waals surface area contributed by atoms with Crippen LogP contribution in [-0.2, 0) is 14.4 Å². The monoisotopic (exact) mass is 540 g/mol. The molecule has 1 fully saturated rings. The number of likely N-dealkylation sites (tertiary alicyclic amines) is 1. The van der Waals surface area contributed by atoms with Crippen LogP contribution in [0, 0.1) is 11.7 Å². The number of carboxylic acid groups (broad SMARTS) is 1. The van der Waals surface area contributed by atoms with E-state index in [4.69, 9.17) is 9.90 Å². The van der Waals surface area contributed by atoms with E-state index in [1.807, 2.05) is 24.3 Å². The number of thiazole rings is 1. The topological polar surface area (TPSA) is 112 Å². The SMILES string of the molecule is CC1CCN(CCNC(=O)C(=O)Nc2ccc(F)cc2-c2nc3ccccc3s2)C1.O=C(O)C(F)(F)F. The number of amides is 2. The summed E-state index contributed by atoms with van der Waals surface area (Å²) in [5.41, 5.74) is 1.60. The first kappa shape index (κ1) is 28.0. The van der Waals surface area contributed by atoms with Gasteiger partial charge in [0.1, 0.15) is 10.8 Å². The van der Waals surface area contributed by atoms with Crippen molar-refractivity contribution in [2.45, 2.75) is 19.5 Å². The number of alkyl halides is 3. The Morgan fingerprint density at radius 3 is 2.49 bits per heavy atom. The third-order valence-electron chi connectivity index (χ3n) is 5.42. The standard InChI is InChI=1S/C22H23FN4O2S.C2HF3O2/c1-14-8-10-27(13-14)11-9-24-20(28)21(29)25-17-7-6-15(23)12-16(17)22-26-18-4-2-3-5-19(18)30-22;3-2(4,5)1(6)7/h2-7,12,14H,8-11,13H2,1H3,(H,24,28)(H,25,29);(H,6,7). The average molecular weight is 541 g/mol. The summed E-state index contributed by atoms with van der Waals surface area (Å²) in [6.45, 7) is 5.37. The Labute approximate surface area is 213 Å². The number of benzene rings is 2. The molecule has 1 atom stereocenters. The molecule has 2 amide bonds. The maximum Gasteiger partial charge on any atom is 0.490 e. The molecule has 2 aromatic carbocycles. The predicted octanol–water partition coefficient (Wildman–Crippen LogP) is 4.13. The third kappa shape index (κ3) is 7.95. The van der Waals surface area contributed by atoms with Crippen molar-refractivity contribution >= 4 is 45.0 Å². The fraction of sp³-hybridized carbons (Fsp3) is 0.333. The number of carbonyl (C=O) groups is 3. The number of halogens is 4. The first-order valence-corrected chi connectivity index (χ1v) is 12.0. The number of aromatic nitrogens is 1. The molecule has 1 aromatic heterocycles. The van der Waals surface area contributed by atoms with E-state index in [1.54, 1.807) is 0 Å². The van der Waals surface area contributed by atoms with E-state index in [-0.39, 0.29) is 0 Å². The predicted molar refractivity (Wildman–Crippen MR) is 131 cm³/mol. The summed E-state index contributed by atoms with van der Waals surface area (Å²) < 4.78 is 46.6. The zero-order valence-corrected chi connectivity index (χ0v) is 20.5. The van der Waals surface area contributed by atoms with Gasteiger partial charge in [-0.3, -0.25) is 9.59 Å². The third-order valence-corrected chi connectivity index (χ3v) is 6.49. The van der Waals surface area contributed by atoms with Crippen molar-refractivity contribution in [3.8, 4) is 10.6 Å². The molecule has 1 aliphatic rings. The first-order chi connectivity index (χ1) is 17.4. The van der Waals surface area contributed by atoms with E-state index >= 15 is 0 Å². The number of carboxylic acids is 1. The highest BCUT2D eigenvalue weighted by molar-refractivity contribution is 7.21. The maximum atomic E-state index is 13.9. The molecule has 13 heteroatoms. The van der Waals surface area contributed by atoms with Crippen LogP contribution in [0.3, 0.4) is 0 Å². The molecule has 0 spiro atoms. The Balaban J connectivity index is 0.000000479. The molecule has 2 heterocycles. The second kappa shape index (κ2) is 12.1. The van der Waals surface area contributed by atoms with Gasteiger partial charge in [0.25, 0.3) is 0 Å². The second-order valence-corrected chi connectivity index (χ2v) is 9.41. The molecule has 0 aliphatic carbocycles. The van der Waals surface area contributed by atoms with Crippen LogP contribution in [-0.4, -0.2) is 65.1 Å². The van der Waals surface area contributed by atoms with Crippen molar-refractivity contribution in [2.24, 2.45) is 5.92 Å². The number of anilines is 1. The summed E-state index contributed by atoms with van der Waals surface area (Å²) in [5.74, 6) is -4.01. The molecule has 8 nitrogen and oxygen atoms in total. The lowest BCUT2D eigenvalue weighted by Gasteiger charge is -2.15. The molecule has 1 aliphatic heterocycles. The summed E-state index contributed by atoms with van der Waals surface area (Å²) in [5, 5.41) is 13.0. The van der Waals surface area contributed by atoms with Gasteiger partial charge in [-0.15, -0.1) is 11.3 Å². The van der Waals surface area contributed by atoms with Gasteiger partial charge in [-0.25, -0.2) is 14.2 Å². The Morgan fingerprint density at radius 1 is 1.16 bits per heavy atom. The molecule has 198 valence electrons. The van der Waals surface area contributed by atoms with E-state index in [2.05, 4.69) is 27.4 Å². The van der Waals surface area contributed by atoms with E-state index in [0.29, 0.717) is 28.7 Å². The number of aliphatic carboxylic acids is 1. The number of hydrogen-bond donors (Lipinski definition) is 3. The van der Waals surface area contributed by atoms with Crippen LogP contribution < -0.4 is 10.6 Å². The number of nitrogens with zero attached hydrogens (tertiary/aromatic N) is 2. The number of carbonyl (C=O) groups excluding carboxylic acids is 2. The van der Waals surface area contributed by atoms with Gasteiger partial charge in [0, 0.05) is 25.2 Å². The first-order valence-electron chi connectivity index (χ1n) is 11.2. The van der Waals surface area contributed by atoms with Gasteiger partial charge in [-0.2, -0.15) is 13.2 Å². The summed E-state index contributed by atoms with van der Waals surface area (Å²) in [7, 11) is 0. The lowest BCUT2D eigenvalue weighted by atomic mass is 10.1. The van der Waals surface area contributed by atoms with Crippen LogP contribution in [0.1, 0.15) is 13.3 Å². The summed E-state index contributed by atoms with van der Waals surface area (Å²) in [4.78, 5) is 40.3. The van der Waals surface area contributed by atoms with E-state index in [9.17, 15) is 27.2 Å². The van der Waals surface area contributed by atoms with Crippen LogP contribution >= 0.6 is 11.3 Å². The Hall–Kier alpha value is -3.58. The molecule has 3 N–H and O–H groups in total. The number of nitrogens with one attached hydrogen (secondary N) is 2. The molecule has 37 heavy (non-hydrogen) atoms. The second-order valence-electron chi connectivity index (χ2n) is 8.38. The van der Waals surface area contributed by atoms with Gasteiger partial charge in [0.15, 0.2) is 0 Å². The van der Waals surface area contributed by atoms with Crippen molar-refractivity contribution in [3.05, 3.63) is 48.3 Å². The Morgan fingerprint density at radius 2 is 1.86 bits per heavy atom. The molecule has 0 saturated carbocycles. The molecule has 0 bridgehead atoms. The molecule has 0 radical (unpaired) electrons. The van der Waals surface area contributed by atoms with Gasteiger partial charge in [-0.1, -0.05) is 19.1 Å². The van der Waals surface area contributed by atoms with Crippen LogP contribution in [0.2, 0.25) is 0 Å². The molecule has 1 saturated heterocycles. The maximum absolute atomic E-state index is 13.9. The minimum atomic E-state index is -5.08. The van der Waals surface area contributed by atoms with Crippen molar-refractivity contribution in [2.75, 3.05) is 31.5 Å². The minimum absolute atomic E-state index is 0.351. The zero-order chi connectivity index (χ0) is 27.2. The smallest absolute Gasteiger partial charge is 0.475 e. The van der Waals surface area contributed by atoms with Crippen molar-refractivity contribution in [1.82, 2.24) is 15.2 Å². The molecular formula is C24H24F4N4O4S.